The molecule has 1 aromatic heterocycles. The number of hydrogen-bond acceptors (Lipinski definition) is 7. The van der Waals surface area contributed by atoms with Crippen LogP contribution < -0.4 is 10.1 Å². The lowest BCUT2D eigenvalue weighted by molar-refractivity contribution is -0.143. The van der Waals surface area contributed by atoms with Crippen molar-refractivity contribution < 1.29 is 23.8 Å². The van der Waals surface area contributed by atoms with Crippen LogP contribution in [0.4, 0.5) is 10.2 Å². The SMILES string of the molecule is COc1c(F)cc(C2(OC)CCCCC2)cc1C(C(=O)O)N1CC[C@@H](N(C)CCCCCc2ccc3c(n2)NCCC3)C1. The first-order valence-corrected chi connectivity index (χ1v) is 16.2. The number of carbonyl (C=O) groups is 1. The van der Waals surface area contributed by atoms with Crippen LogP contribution in [0.1, 0.15) is 92.6 Å². The van der Waals surface area contributed by atoms with E-state index >= 15 is 4.39 Å². The second-order valence-corrected chi connectivity index (χ2v) is 12.6. The quantitative estimate of drug-likeness (QED) is 0.275. The average molecular weight is 597 g/mol. The molecule has 2 N–H and O–H groups in total. The van der Waals surface area contributed by atoms with Gasteiger partial charge < -0.3 is 24.8 Å². The summed E-state index contributed by atoms with van der Waals surface area (Å²) in [6, 6.07) is 6.97. The van der Waals surface area contributed by atoms with Crippen LogP contribution in [0, 0.1) is 5.82 Å². The summed E-state index contributed by atoms with van der Waals surface area (Å²) in [6.07, 6.45) is 12.2. The monoisotopic (exact) mass is 596 g/mol. The Morgan fingerprint density at radius 2 is 2.00 bits per heavy atom. The Hall–Kier alpha value is -2.75. The first-order valence-electron chi connectivity index (χ1n) is 16.2. The van der Waals surface area contributed by atoms with E-state index in [-0.39, 0.29) is 11.8 Å². The van der Waals surface area contributed by atoms with Crippen molar-refractivity contribution in [2.24, 2.45) is 0 Å². The molecule has 0 amide bonds. The van der Waals surface area contributed by atoms with Gasteiger partial charge in [0.2, 0.25) is 0 Å². The first-order chi connectivity index (χ1) is 20.8. The number of carboxylic acids is 1. The number of carboxylic acid groups (broad SMARTS) is 1. The predicted octanol–water partition coefficient (Wildman–Crippen LogP) is 5.94. The van der Waals surface area contributed by atoms with E-state index in [0.717, 1.165) is 95.2 Å². The summed E-state index contributed by atoms with van der Waals surface area (Å²) in [4.78, 5) is 21.9. The summed E-state index contributed by atoms with van der Waals surface area (Å²) in [5.41, 5.74) is 2.98. The third kappa shape index (κ3) is 7.15. The Bertz CT molecular complexity index is 1250. The lowest BCUT2D eigenvalue weighted by Crippen LogP contribution is -2.38. The second-order valence-electron chi connectivity index (χ2n) is 12.6. The number of benzene rings is 1. The van der Waals surface area contributed by atoms with Gasteiger partial charge in [-0.2, -0.15) is 0 Å². The summed E-state index contributed by atoms with van der Waals surface area (Å²) < 4.78 is 26.9. The highest BCUT2D eigenvalue weighted by atomic mass is 19.1. The number of anilines is 1. The van der Waals surface area contributed by atoms with Crippen molar-refractivity contribution in [2.75, 3.05) is 52.8 Å². The molecule has 0 bridgehead atoms. The molecule has 9 heteroatoms. The van der Waals surface area contributed by atoms with Crippen LogP contribution in [-0.4, -0.2) is 79.3 Å². The molecule has 3 heterocycles. The van der Waals surface area contributed by atoms with Crippen LogP contribution in [0.25, 0.3) is 0 Å². The highest BCUT2D eigenvalue weighted by molar-refractivity contribution is 5.77. The van der Waals surface area contributed by atoms with Gasteiger partial charge in [-0.05, 0) is 94.3 Å². The number of halogens is 1. The van der Waals surface area contributed by atoms with Gasteiger partial charge >= 0.3 is 5.97 Å². The van der Waals surface area contributed by atoms with E-state index in [9.17, 15) is 9.90 Å². The van der Waals surface area contributed by atoms with Crippen molar-refractivity contribution in [3.8, 4) is 5.75 Å². The number of rotatable bonds is 13. The zero-order valence-electron chi connectivity index (χ0n) is 26.2. The van der Waals surface area contributed by atoms with Gasteiger partial charge in [-0.25, -0.2) is 9.37 Å². The number of aryl methyl sites for hydroxylation is 2. The molecule has 1 aromatic carbocycles. The predicted molar refractivity (Wildman–Crippen MR) is 166 cm³/mol. The third-order valence-electron chi connectivity index (χ3n) is 9.96. The van der Waals surface area contributed by atoms with Crippen molar-refractivity contribution in [3.05, 3.63) is 52.5 Å². The summed E-state index contributed by atoms with van der Waals surface area (Å²) in [5.74, 6) is -0.440. The number of aromatic nitrogens is 1. The molecule has 2 aromatic rings. The zero-order chi connectivity index (χ0) is 30.4. The van der Waals surface area contributed by atoms with E-state index < -0.39 is 23.4 Å². The van der Waals surface area contributed by atoms with Crippen molar-refractivity contribution >= 4 is 11.8 Å². The van der Waals surface area contributed by atoms with E-state index in [0.29, 0.717) is 24.2 Å². The molecule has 2 aliphatic heterocycles. The fourth-order valence-corrected chi connectivity index (χ4v) is 7.41. The molecule has 8 nitrogen and oxygen atoms in total. The summed E-state index contributed by atoms with van der Waals surface area (Å²) in [7, 11) is 5.21. The van der Waals surface area contributed by atoms with Crippen molar-refractivity contribution in [3.63, 3.8) is 0 Å². The lowest BCUT2D eigenvalue weighted by atomic mass is 9.78. The fraction of sp³-hybridized carbons (Fsp3) is 0.647. The molecule has 2 atom stereocenters. The Labute approximate surface area is 256 Å². The van der Waals surface area contributed by atoms with Gasteiger partial charge in [-0.15, -0.1) is 0 Å². The van der Waals surface area contributed by atoms with Crippen LogP contribution in [0.3, 0.4) is 0 Å². The maximum atomic E-state index is 15.5. The number of pyridine rings is 1. The number of unbranched alkanes of at least 4 members (excludes halogenated alkanes) is 2. The largest absolute Gasteiger partial charge is 0.493 e. The molecule has 2 fully saturated rings. The van der Waals surface area contributed by atoms with E-state index in [1.54, 1.807) is 7.11 Å². The molecule has 43 heavy (non-hydrogen) atoms. The molecule has 1 saturated heterocycles. The van der Waals surface area contributed by atoms with E-state index in [1.807, 2.05) is 11.0 Å². The molecule has 0 spiro atoms. The van der Waals surface area contributed by atoms with Gasteiger partial charge in [0, 0.05) is 44.0 Å². The first kappa shape index (κ1) is 31.7. The van der Waals surface area contributed by atoms with E-state index in [2.05, 4.69) is 29.4 Å². The Balaban J connectivity index is 1.19. The van der Waals surface area contributed by atoms with Gasteiger partial charge in [0.1, 0.15) is 11.9 Å². The second kappa shape index (κ2) is 14.4. The smallest absolute Gasteiger partial charge is 0.325 e. The number of aliphatic carboxylic acids is 1. The third-order valence-corrected chi connectivity index (χ3v) is 9.96. The highest BCUT2D eigenvalue weighted by Crippen LogP contribution is 2.44. The van der Waals surface area contributed by atoms with Crippen molar-refractivity contribution in [1.82, 2.24) is 14.8 Å². The standard InChI is InChI=1S/C34H49FN4O4/c1-38(19-9-4-6-12-26-14-13-24-11-10-18-36-32(24)37-26)27-15-20-39(23-27)30(33(40)41)28-21-25(22-29(35)31(28)42-2)34(43-3)16-7-5-8-17-34/h13-14,21-22,27,30H,4-12,15-20,23H2,1-3H3,(H,36,37)(H,40,41)/t27-,30?/m1/s1. The maximum Gasteiger partial charge on any atom is 0.325 e. The van der Waals surface area contributed by atoms with Crippen LogP contribution >= 0.6 is 0 Å². The summed E-state index contributed by atoms with van der Waals surface area (Å²) in [5, 5.41) is 13.9. The van der Waals surface area contributed by atoms with Crippen molar-refractivity contribution in [1.29, 1.82) is 0 Å². The number of nitrogens with zero attached hydrogens (tertiary/aromatic N) is 3. The Morgan fingerprint density at radius 1 is 1.19 bits per heavy atom. The number of nitrogens with one attached hydrogen (secondary N) is 1. The molecule has 3 aliphatic rings. The topological polar surface area (TPSA) is 87.2 Å². The Kier molecular flexibility index (Phi) is 10.6. The van der Waals surface area contributed by atoms with Crippen LogP contribution in [0.5, 0.6) is 5.75 Å². The van der Waals surface area contributed by atoms with E-state index in [1.165, 1.54) is 25.2 Å². The summed E-state index contributed by atoms with van der Waals surface area (Å²) in [6.45, 7) is 3.21. The minimum absolute atomic E-state index is 0.0132. The lowest BCUT2D eigenvalue weighted by Gasteiger charge is -2.37. The number of likely N-dealkylation sites (N-methyl/N-ethyl adjacent to an activating group) is 1. The molecule has 1 aliphatic carbocycles. The summed E-state index contributed by atoms with van der Waals surface area (Å²) >= 11 is 0. The number of fused-ring (bicyclic) bond motifs is 1. The average Bonchev–Trinajstić information content (AvgIpc) is 3.50. The number of methoxy groups -OCH3 is 2. The van der Waals surface area contributed by atoms with E-state index in [4.69, 9.17) is 14.5 Å². The molecule has 1 saturated carbocycles. The van der Waals surface area contributed by atoms with Gasteiger partial charge in [0.15, 0.2) is 11.6 Å². The Morgan fingerprint density at radius 3 is 2.74 bits per heavy atom. The molecule has 0 radical (unpaired) electrons. The van der Waals surface area contributed by atoms with Gasteiger partial charge in [0.25, 0.3) is 0 Å². The van der Waals surface area contributed by atoms with Crippen molar-refractivity contribution in [2.45, 2.75) is 94.7 Å². The van der Waals surface area contributed by atoms with Gasteiger partial charge in [-0.1, -0.05) is 31.7 Å². The number of hydrogen-bond donors (Lipinski definition) is 2. The molecular weight excluding hydrogens is 547 g/mol. The number of ether oxygens (including phenoxy) is 2. The maximum absolute atomic E-state index is 15.5. The number of likely N-dealkylation sites (tertiary alicyclic amines) is 1. The van der Waals surface area contributed by atoms with Gasteiger partial charge in [-0.3, -0.25) is 9.69 Å². The van der Waals surface area contributed by atoms with Crippen LogP contribution in [0.2, 0.25) is 0 Å². The van der Waals surface area contributed by atoms with Gasteiger partial charge in [0.05, 0.1) is 12.7 Å². The normalized spacial score (nSPS) is 20.9. The molecule has 1 unspecified atom stereocenters. The zero-order valence-corrected chi connectivity index (χ0v) is 26.2. The van der Waals surface area contributed by atoms with Crippen LogP contribution in [0.15, 0.2) is 24.3 Å². The fourth-order valence-electron chi connectivity index (χ4n) is 7.41. The molecule has 5 rings (SSSR count). The minimum atomic E-state index is -0.987. The highest BCUT2D eigenvalue weighted by Gasteiger charge is 2.40. The molecular formula is C34H49FN4O4. The molecule has 236 valence electrons. The van der Waals surface area contributed by atoms with Crippen LogP contribution in [-0.2, 0) is 28.0 Å². The minimum Gasteiger partial charge on any atom is -0.493 e.